The highest BCUT2D eigenvalue weighted by Gasteiger charge is 2.02. The van der Waals surface area contributed by atoms with Gasteiger partial charge in [-0.05, 0) is 30.2 Å². The summed E-state index contributed by atoms with van der Waals surface area (Å²) in [5, 5.41) is 3.91. The van der Waals surface area contributed by atoms with Crippen LogP contribution in [0.4, 0.5) is 0 Å². The highest BCUT2D eigenvalue weighted by atomic mass is 16.5. The molecular weight excluding hydrogens is 312 g/mol. The largest absolute Gasteiger partial charge is 0.491 e. The molecule has 25 heavy (non-hydrogen) atoms. The zero-order valence-electron chi connectivity index (χ0n) is 13.9. The van der Waals surface area contributed by atoms with E-state index in [1.807, 2.05) is 60.7 Å². The lowest BCUT2D eigenvalue weighted by Crippen LogP contribution is -2.23. The van der Waals surface area contributed by atoms with Crippen molar-refractivity contribution in [3.05, 3.63) is 78.5 Å². The number of amides is 1. The maximum atomic E-state index is 11.8. The van der Waals surface area contributed by atoms with Gasteiger partial charge in [-0.1, -0.05) is 48.5 Å². The van der Waals surface area contributed by atoms with Gasteiger partial charge in [-0.15, -0.1) is 0 Å². The highest BCUT2D eigenvalue weighted by molar-refractivity contribution is 5.91. The van der Waals surface area contributed by atoms with Crippen LogP contribution in [0.5, 0.6) is 5.75 Å². The molecule has 0 radical (unpaired) electrons. The second kappa shape index (κ2) is 8.64. The zero-order valence-corrected chi connectivity index (χ0v) is 13.9. The van der Waals surface area contributed by atoms with E-state index in [-0.39, 0.29) is 5.91 Å². The summed E-state index contributed by atoms with van der Waals surface area (Å²) in [4.78, 5) is 16.1. The van der Waals surface area contributed by atoms with Crippen LogP contribution in [0.1, 0.15) is 12.0 Å². The summed E-state index contributed by atoms with van der Waals surface area (Å²) in [6.07, 6.45) is 5.83. The van der Waals surface area contributed by atoms with E-state index in [1.165, 1.54) is 0 Å². The van der Waals surface area contributed by atoms with Crippen molar-refractivity contribution in [2.75, 3.05) is 13.2 Å². The lowest BCUT2D eigenvalue weighted by atomic mass is 10.2. The van der Waals surface area contributed by atoms with E-state index in [0.29, 0.717) is 13.2 Å². The van der Waals surface area contributed by atoms with Crippen molar-refractivity contribution < 1.29 is 9.53 Å². The lowest BCUT2D eigenvalue weighted by molar-refractivity contribution is -0.116. The van der Waals surface area contributed by atoms with Gasteiger partial charge >= 0.3 is 0 Å². The second-order valence-electron chi connectivity index (χ2n) is 5.57. The molecule has 0 saturated carbocycles. The highest BCUT2D eigenvalue weighted by Crippen LogP contribution is 2.22. The smallest absolute Gasteiger partial charge is 0.244 e. The predicted molar refractivity (Wildman–Crippen MR) is 100 cm³/mol. The number of aromatic nitrogens is 1. The van der Waals surface area contributed by atoms with Crippen LogP contribution < -0.4 is 10.1 Å². The topological polar surface area (TPSA) is 51.2 Å². The molecule has 0 spiro atoms. The second-order valence-corrected chi connectivity index (χ2v) is 5.57. The van der Waals surface area contributed by atoms with Gasteiger partial charge in [0.15, 0.2) is 0 Å². The zero-order chi connectivity index (χ0) is 17.3. The Labute approximate surface area is 147 Å². The van der Waals surface area contributed by atoms with Crippen molar-refractivity contribution in [2.24, 2.45) is 0 Å². The quantitative estimate of drug-likeness (QED) is 0.528. The fourth-order valence-corrected chi connectivity index (χ4v) is 2.45. The molecule has 0 bridgehead atoms. The molecular formula is C21H20N2O2. The Morgan fingerprint density at radius 1 is 1.04 bits per heavy atom. The third kappa shape index (κ3) is 4.91. The first-order valence-electron chi connectivity index (χ1n) is 8.30. The van der Waals surface area contributed by atoms with Crippen LogP contribution in [0.25, 0.3) is 17.0 Å². The Bertz CT molecular complexity index is 855. The monoisotopic (exact) mass is 332 g/mol. The van der Waals surface area contributed by atoms with E-state index in [9.17, 15) is 4.79 Å². The number of fused-ring (bicyclic) bond motifs is 1. The third-order valence-corrected chi connectivity index (χ3v) is 3.70. The molecule has 2 aromatic carbocycles. The standard InChI is InChI=1S/C21H20N2O2/c24-20(13-12-17-7-2-1-3-8-17)22-15-6-16-25-19-11-4-9-18-10-5-14-23-21(18)19/h1-5,7-14H,6,15-16H2,(H,22,24). The average Bonchev–Trinajstić information content (AvgIpc) is 2.67. The van der Waals surface area contributed by atoms with Crippen LogP contribution in [0.3, 0.4) is 0 Å². The Morgan fingerprint density at radius 2 is 1.88 bits per heavy atom. The lowest BCUT2D eigenvalue weighted by Gasteiger charge is -2.08. The van der Waals surface area contributed by atoms with Crippen molar-refractivity contribution in [2.45, 2.75) is 6.42 Å². The number of pyridine rings is 1. The first-order valence-corrected chi connectivity index (χ1v) is 8.30. The van der Waals surface area contributed by atoms with E-state index in [0.717, 1.165) is 28.6 Å². The molecule has 0 aliphatic carbocycles. The number of rotatable bonds is 7. The van der Waals surface area contributed by atoms with Crippen molar-refractivity contribution in [3.8, 4) is 5.75 Å². The predicted octanol–water partition coefficient (Wildman–Crippen LogP) is 3.83. The van der Waals surface area contributed by atoms with Crippen LogP contribution in [-0.2, 0) is 4.79 Å². The van der Waals surface area contributed by atoms with E-state index in [2.05, 4.69) is 10.3 Å². The molecule has 0 fully saturated rings. The number of hydrogen-bond donors (Lipinski definition) is 1. The molecule has 126 valence electrons. The summed E-state index contributed by atoms with van der Waals surface area (Å²) in [6.45, 7) is 1.09. The maximum absolute atomic E-state index is 11.8. The molecule has 0 unspecified atom stereocenters. The van der Waals surface area contributed by atoms with E-state index < -0.39 is 0 Å². The van der Waals surface area contributed by atoms with E-state index in [4.69, 9.17) is 4.74 Å². The van der Waals surface area contributed by atoms with Gasteiger partial charge in [-0.25, -0.2) is 0 Å². The molecule has 1 N–H and O–H groups in total. The summed E-state index contributed by atoms with van der Waals surface area (Å²) < 4.78 is 5.80. The van der Waals surface area contributed by atoms with E-state index >= 15 is 0 Å². The first-order chi connectivity index (χ1) is 12.3. The van der Waals surface area contributed by atoms with Gasteiger partial charge in [0, 0.05) is 24.2 Å². The average molecular weight is 332 g/mol. The number of hydrogen-bond acceptors (Lipinski definition) is 3. The number of ether oxygens (including phenoxy) is 1. The Morgan fingerprint density at radius 3 is 2.76 bits per heavy atom. The molecule has 3 rings (SSSR count). The molecule has 0 saturated heterocycles. The molecule has 4 heteroatoms. The molecule has 0 atom stereocenters. The summed E-state index contributed by atoms with van der Waals surface area (Å²) in [7, 11) is 0. The molecule has 0 aliphatic rings. The minimum atomic E-state index is -0.101. The van der Waals surface area contributed by atoms with Crippen molar-refractivity contribution in [1.82, 2.24) is 10.3 Å². The van der Waals surface area contributed by atoms with Gasteiger partial charge in [0.05, 0.1) is 6.61 Å². The summed E-state index contributed by atoms with van der Waals surface area (Å²) in [5.74, 6) is 0.670. The normalized spacial score (nSPS) is 10.9. The number of nitrogens with zero attached hydrogens (tertiary/aromatic N) is 1. The van der Waals surface area contributed by atoms with Gasteiger partial charge in [-0.2, -0.15) is 0 Å². The van der Waals surface area contributed by atoms with Crippen LogP contribution >= 0.6 is 0 Å². The van der Waals surface area contributed by atoms with Crippen molar-refractivity contribution in [3.63, 3.8) is 0 Å². The first kappa shape index (κ1) is 16.7. The van der Waals surface area contributed by atoms with Crippen LogP contribution in [0.2, 0.25) is 0 Å². The van der Waals surface area contributed by atoms with Gasteiger partial charge in [0.25, 0.3) is 0 Å². The maximum Gasteiger partial charge on any atom is 0.244 e. The van der Waals surface area contributed by atoms with Crippen molar-refractivity contribution >= 4 is 22.9 Å². The van der Waals surface area contributed by atoms with E-state index in [1.54, 1.807) is 18.3 Å². The van der Waals surface area contributed by atoms with Gasteiger partial charge in [0.1, 0.15) is 11.3 Å². The van der Waals surface area contributed by atoms with Crippen LogP contribution in [0, 0.1) is 0 Å². The Balaban J connectivity index is 1.41. The molecule has 1 amide bonds. The number of carbonyl (C=O) groups excluding carboxylic acids is 1. The number of benzene rings is 2. The molecule has 4 nitrogen and oxygen atoms in total. The fourth-order valence-electron chi connectivity index (χ4n) is 2.45. The third-order valence-electron chi connectivity index (χ3n) is 3.70. The minimum absolute atomic E-state index is 0.101. The molecule has 0 aliphatic heterocycles. The fraction of sp³-hybridized carbons (Fsp3) is 0.143. The van der Waals surface area contributed by atoms with Crippen LogP contribution in [0.15, 0.2) is 72.9 Å². The van der Waals surface area contributed by atoms with Gasteiger partial charge in [-0.3, -0.25) is 9.78 Å². The van der Waals surface area contributed by atoms with Crippen LogP contribution in [-0.4, -0.2) is 24.0 Å². The SMILES string of the molecule is O=C(C=Cc1ccccc1)NCCCOc1cccc2cccnc12. The van der Waals surface area contributed by atoms with Gasteiger partial charge in [0.2, 0.25) is 5.91 Å². The summed E-state index contributed by atoms with van der Waals surface area (Å²) in [5.41, 5.74) is 1.87. The number of carbonyl (C=O) groups is 1. The molecule has 3 aromatic rings. The number of para-hydroxylation sites is 1. The number of nitrogens with one attached hydrogen (secondary N) is 1. The summed E-state index contributed by atoms with van der Waals surface area (Å²) in [6, 6.07) is 19.5. The Hall–Kier alpha value is -3.14. The van der Waals surface area contributed by atoms with Crippen molar-refractivity contribution in [1.29, 1.82) is 0 Å². The Kier molecular flexibility index (Phi) is 5.77. The summed E-state index contributed by atoms with van der Waals surface area (Å²) >= 11 is 0. The van der Waals surface area contributed by atoms with Gasteiger partial charge < -0.3 is 10.1 Å². The molecule has 1 aromatic heterocycles. The minimum Gasteiger partial charge on any atom is -0.491 e. The molecule has 1 heterocycles.